The van der Waals surface area contributed by atoms with Crippen molar-refractivity contribution in [2.75, 3.05) is 14.2 Å². The Kier molecular flexibility index (Phi) is 7.99. The van der Waals surface area contributed by atoms with Crippen LogP contribution < -0.4 is 9.47 Å². The van der Waals surface area contributed by atoms with Gasteiger partial charge in [0.2, 0.25) is 0 Å². The van der Waals surface area contributed by atoms with Gasteiger partial charge in [-0.15, -0.1) is 0 Å². The molecule has 1 fully saturated rings. The molecule has 1 heterocycles. The molecule has 3 aromatic rings. The zero-order valence-electron chi connectivity index (χ0n) is 20.1. The number of non-ortho nitro benzene ring substituents is 1. The quantitative estimate of drug-likeness (QED) is 0.211. The molecular weight excluding hydrogens is 534 g/mol. The van der Waals surface area contributed by atoms with Crippen molar-refractivity contribution in [2.45, 2.75) is 6.61 Å². The molecule has 0 bridgehead atoms. The molecule has 194 valence electrons. The van der Waals surface area contributed by atoms with E-state index >= 15 is 0 Å². The summed E-state index contributed by atoms with van der Waals surface area (Å²) in [6.07, 6.45) is 1.66. The lowest BCUT2D eigenvalue weighted by Gasteiger charge is -2.13. The van der Waals surface area contributed by atoms with Crippen LogP contribution in [0.15, 0.2) is 70.6 Å². The van der Waals surface area contributed by atoms with Crippen molar-refractivity contribution in [1.29, 1.82) is 0 Å². The summed E-state index contributed by atoms with van der Waals surface area (Å²) in [4.78, 5) is 40.5. The second kappa shape index (κ2) is 11.4. The van der Waals surface area contributed by atoms with Crippen LogP contribution in [0.5, 0.6) is 11.5 Å². The fourth-order valence-corrected chi connectivity index (χ4v) is 4.69. The summed E-state index contributed by atoms with van der Waals surface area (Å²) in [6, 6.07) is 15.3. The van der Waals surface area contributed by atoms with Crippen molar-refractivity contribution in [3.63, 3.8) is 0 Å². The topological polar surface area (TPSA) is 132 Å². The maximum atomic E-state index is 12.8. The second-order valence-electron chi connectivity index (χ2n) is 7.97. The molecule has 1 aliphatic rings. The summed E-state index contributed by atoms with van der Waals surface area (Å²) in [5, 5.41) is 20.6. The fourth-order valence-electron chi connectivity index (χ4n) is 3.42. The zero-order chi connectivity index (χ0) is 27.4. The van der Waals surface area contributed by atoms with Gasteiger partial charge in [0.05, 0.1) is 33.2 Å². The molecule has 0 aliphatic carbocycles. The lowest BCUT2D eigenvalue weighted by atomic mass is 10.1. The van der Waals surface area contributed by atoms with Crippen molar-refractivity contribution < 1.29 is 29.1 Å². The number of hydrogen-bond acceptors (Lipinski definition) is 8. The van der Waals surface area contributed by atoms with Gasteiger partial charge < -0.3 is 14.6 Å². The number of aliphatic imine (C=N–C) groups is 1. The molecule has 1 saturated heterocycles. The number of amidine groups is 1. The maximum Gasteiger partial charge on any atom is 0.335 e. The predicted octanol–water partition coefficient (Wildman–Crippen LogP) is 5.77. The average molecular weight is 554 g/mol. The number of carbonyl (C=O) groups is 2. The highest BCUT2D eigenvalue weighted by Gasteiger charge is 2.30. The zero-order valence-corrected chi connectivity index (χ0v) is 21.7. The average Bonchev–Trinajstić information content (AvgIpc) is 3.15. The number of carbonyl (C=O) groups excluding carboxylic acids is 1. The number of nitro benzene ring substituents is 1. The Labute approximate surface area is 226 Å². The lowest BCUT2D eigenvalue weighted by molar-refractivity contribution is -0.384. The minimum Gasteiger partial charge on any atom is -0.493 e. The van der Waals surface area contributed by atoms with Crippen molar-refractivity contribution >= 4 is 57.9 Å². The molecule has 0 atom stereocenters. The van der Waals surface area contributed by atoms with E-state index in [4.69, 9.17) is 26.2 Å². The Morgan fingerprint density at radius 3 is 2.47 bits per heavy atom. The van der Waals surface area contributed by atoms with Crippen LogP contribution in [-0.4, -0.2) is 46.1 Å². The number of carboxylic acid groups (broad SMARTS) is 1. The van der Waals surface area contributed by atoms with Gasteiger partial charge in [-0.3, -0.25) is 19.8 Å². The molecular formula is C26H20ClN3O7S. The number of aromatic carboxylic acids is 1. The number of benzene rings is 3. The summed E-state index contributed by atoms with van der Waals surface area (Å²) in [7, 11) is 3.06. The fraction of sp³-hybridized carbons (Fsp3) is 0.115. The van der Waals surface area contributed by atoms with Gasteiger partial charge in [0.1, 0.15) is 6.61 Å². The van der Waals surface area contributed by atoms with Crippen molar-refractivity contribution in [1.82, 2.24) is 4.90 Å². The van der Waals surface area contributed by atoms with Crippen LogP contribution in [0.3, 0.4) is 0 Å². The third kappa shape index (κ3) is 5.96. The molecule has 3 aromatic carbocycles. The van der Waals surface area contributed by atoms with E-state index in [1.54, 1.807) is 49.5 Å². The van der Waals surface area contributed by atoms with E-state index in [1.807, 2.05) is 0 Å². The van der Waals surface area contributed by atoms with E-state index < -0.39 is 10.9 Å². The Balaban J connectivity index is 1.53. The molecule has 10 nitrogen and oxygen atoms in total. The molecule has 12 heteroatoms. The molecule has 1 N–H and O–H groups in total. The minimum absolute atomic E-state index is 0.0176. The Morgan fingerprint density at radius 1 is 1.18 bits per heavy atom. The smallest absolute Gasteiger partial charge is 0.335 e. The van der Waals surface area contributed by atoms with Gasteiger partial charge in [-0.25, -0.2) is 9.79 Å². The molecule has 1 aliphatic heterocycles. The van der Waals surface area contributed by atoms with Crippen LogP contribution in [0.2, 0.25) is 5.02 Å². The number of thioether (sulfide) groups is 1. The molecule has 0 aromatic heterocycles. The number of nitrogens with zero attached hydrogens (tertiary/aromatic N) is 3. The highest BCUT2D eigenvalue weighted by molar-refractivity contribution is 8.18. The van der Waals surface area contributed by atoms with Gasteiger partial charge in [0, 0.05) is 19.2 Å². The largest absolute Gasteiger partial charge is 0.493 e. The number of rotatable bonds is 8. The summed E-state index contributed by atoms with van der Waals surface area (Å²) in [5.74, 6) is -0.648. The van der Waals surface area contributed by atoms with E-state index in [-0.39, 0.29) is 28.8 Å². The van der Waals surface area contributed by atoms with Gasteiger partial charge in [-0.1, -0.05) is 11.6 Å². The van der Waals surface area contributed by atoms with Gasteiger partial charge in [-0.2, -0.15) is 0 Å². The molecule has 0 spiro atoms. The van der Waals surface area contributed by atoms with Crippen LogP contribution in [0, 0.1) is 10.1 Å². The third-order valence-electron chi connectivity index (χ3n) is 5.42. The summed E-state index contributed by atoms with van der Waals surface area (Å²) in [5.41, 5.74) is 1.95. The Morgan fingerprint density at radius 2 is 1.87 bits per heavy atom. The number of amides is 1. The molecule has 0 unspecified atom stereocenters. The number of ether oxygens (including phenoxy) is 2. The van der Waals surface area contributed by atoms with E-state index in [2.05, 4.69) is 4.99 Å². The number of nitro groups is 1. The van der Waals surface area contributed by atoms with E-state index in [0.717, 1.165) is 0 Å². The summed E-state index contributed by atoms with van der Waals surface area (Å²) in [6.45, 7) is 0.112. The van der Waals surface area contributed by atoms with Crippen molar-refractivity contribution in [2.24, 2.45) is 4.99 Å². The highest BCUT2D eigenvalue weighted by atomic mass is 35.5. The van der Waals surface area contributed by atoms with Crippen LogP contribution in [0.4, 0.5) is 11.4 Å². The Hall–Kier alpha value is -4.35. The van der Waals surface area contributed by atoms with Crippen LogP contribution in [-0.2, 0) is 11.4 Å². The first-order valence-electron chi connectivity index (χ1n) is 11.0. The predicted molar refractivity (Wildman–Crippen MR) is 144 cm³/mol. The first-order valence-corrected chi connectivity index (χ1v) is 12.2. The van der Waals surface area contributed by atoms with Gasteiger partial charge in [0.25, 0.3) is 11.6 Å². The summed E-state index contributed by atoms with van der Waals surface area (Å²) >= 11 is 7.65. The van der Waals surface area contributed by atoms with Crippen molar-refractivity contribution in [3.05, 3.63) is 97.4 Å². The lowest BCUT2D eigenvalue weighted by Crippen LogP contribution is -2.23. The molecule has 38 heavy (non-hydrogen) atoms. The van der Waals surface area contributed by atoms with Gasteiger partial charge in [-0.05, 0) is 77.5 Å². The second-order valence-corrected chi connectivity index (χ2v) is 9.38. The van der Waals surface area contributed by atoms with E-state index in [1.165, 1.54) is 48.0 Å². The third-order valence-corrected chi connectivity index (χ3v) is 6.76. The first kappa shape index (κ1) is 26.7. The number of carboxylic acids is 1. The first-order chi connectivity index (χ1) is 18.2. The maximum absolute atomic E-state index is 12.8. The van der Waals surface area contributed by atoms with Crippen LogP contribution in [0.1, 0.15) is 21.5 Å². The molecule has 0 radical (unpaired) electrons. The van der Waals surface area contributed by atoms with Crippen LogP contribution >= 0.6 is 23.4 Å². The summed E-state index contributed by atoms with van der Waals surface area (Å²) < 4.78 is 11.3. The van der Waals surface area contributed by atoms with Gasteiger partial charge >= 0.3 is 5.97 Å². The number of halogens is 1. The molecule has 4 rings (SSSR count). The molecule has 0 saturated carbocycles. The number of likely N-dealkylation sites (N-methyl/N-ethyl adjacent to an activating group) is 1. The normalized spacial score (nSPS) is 15.2. The minimum atomic E-state index is -1.03. The SMILES string of the molecule is COc1cc(C=C2SC(=Nc3ccc(C(=O)O)cc3)N(C)C2=O)cc(Cl)c1OCc1ccc([N+](=O)[O-])cc1. The standard InChI is InChI=1S/C26H20ClN3O7S/c1-29-24(31)22(38-26(29)28-18-7-5-17(6-8-18)25(32)33)13-16-11-20(27)23(21(12-16)36-2)37-14-15-3-9-19(10-4-15)30(34)35/h3-13H,14H2,1-2H3,(H,32,33). The number of methoxy groups -OCH3 is 1. The monoisotopic (exact) mass is 553 g/mol. The Bertz CT molecular complexity index is 1470. The van der Waals surface area contributed by atoms with E-state index in [9.17, 15) is 19.7 Å². The highest BCUT2D eigenvalue weighted by Crippen LogP contribution is 2.39. The van der Waals surface area contributed by atoms with Crippen LogP contribution in [0.25, 0.3) is 6.08 Å². The molecule has 1 amide bonds. The van der Waals surface area contributed by atoms with E-state index in [0.29, 0.717) is 38.4 Å². The number of hydrogen-bond donors (Lipinski definition) is 1. The van der Waals surface area contributed by atoms with Gasteiger partial charge in [0.15, 0.2) is 16.7 Å². The van der Waals surface area contributed by atoms with Crippen molar-refractivity contribution in [3.8, 4) is 11.5 Å².